The van der Waals surface area contributed by atoms with Gasteiger partial charge in [-0.15, -0.1) is 11.3 Å². The molecule has 4 heteroatoms. The number of rotatable bonds is 3. The van der Waals surface area contributed by atoms with Crippen LogP contribution < -0.4 is 5.73 Å². The molecule has 2 nitrogen and oxygen atoms in total. The van der Waals surface area contributed by atoms with Crippen LogP contribution in [-0.2, 0) is 6.54 Å². The summed E-state index contributed by atoms with van der Waals surface area (Å²) in [6, 6.07) is 12.8. The first kappa shape index (κ1) is 13.1. The first-order valence-corrected chi connectivity index (χ1v) is 7.74. The molecule has 1 aliphatic heterocycles. The SMILES string of the molecule is N[C@@H]1CN(Cc2cc(Cl)cs2)C[C@H]1c1ccccc1. The molecule has 1 aliphatic rings. The van der Waals surface area contributed by atoms with Crippen LogP contribution in [0.15, 0.2) is 41.8 Å². The zero-order valence-electron chi connectivity index (χ0n) is 10.6. The molecule has 0 bridgehead atoms. The van der Waals surface area contributed by atoms with E-state index in [9.17, 15) is 0 Å². The van der Waals surface area contributed by atoms with Crippen molar-refractivity contribution in [2.24, 2.45) is 5.73 Å². The molecular weight excluding hydrogens is 276 g/mol. The Morgan fingerprint density at radius 1 is 1.26 bits per heavy atom. The molecule has 0 aliphatic carbocycles. The van der Waals surface area contributed by atoms with Crippen LogP contribution in [-0.4, -0.2) is 24.0 Å². The Labute approximate surface area is 122 Å². The molecule has 0 unspecified atom stereocenters. The minimum atomic E-state index is 0.220. The maximum absolute atomic E-state index is 6.30. The quantitative estimate of drug-likeness (QED) is 0.940. The molecule has 3 rings (SSSR count). The van der Waals surface area contributed by atoms with Gasteiger partial charge in [0.25, 0.3) is 0 Å². The number of nitrogens with zero attached hydrogens (tertiary/aromatic N) is 1. The van der Waals surface area contributed by atoms with Gasteiger partial charge in [-0.1, -0.05) is 41.9 Å². The predicted molar refractivity (Wildman–Crippen MR) is 81.8 cm³/mol. The van der Waals surface area contributed by atoms with Crippen molar-refractivity contribution in [2.75, 3.05) is 13.1 Å². The molecule has 0 amide bonds. The average Bonchev–Trinajstić information content (AvgIpc) is 2.97. The largest absolute Gasteiger partial charge is 0.326 e. The summed E-state index contributed by atoms with van der Waals surface area (Å²) in [4.78, 5) is 3.73. The molecule has 0 radical (unpaired) electrons. The summed E-state index contributed by atoms with van der Waals surface area (Å²) in [7, 11) is 0. The predicted octanol–water partition coefficient (Wildman–Crippen LogP) is 3.33. The van der Waals surface area contributed by atoms with Crippen LogP contribution in [0.2, 0.25) is 5.02 Å². The number of thiophene rings is 1. The Hall–Kier alpha value is -0.870. The van der Waals surface area contributed by atoms with Gasteiger partial charge < -0.3 is 5.73 Å². The molecule has 2 atom stereocenters. The third-order valence-electron chi connectivity index (χ3n) is 3.67. The Kier molecular flexibility index (Phi) is 3.89. The number of halogens is 1. The molecule has 0 spiro atoms. The van der Waals surface area contributed by atoms with Crippen molar-refractivity contribution in [1.29, 1.82) is 0 Å². The lowest BCUT2D eigenvalue weighted by atomic mass is 9.95. The number of hydrogen-bond acceptors (Lipinski definition) is 3. The first-order valence-electron chi connectivity index (χ1n) is 6.48. The second kappa shape index (κ2) is 5.63. The van der Waals surface area contributed by atoms with E-state index in [0.29, 0.717) is 5.92 Å². The third-order valence-corrected chi connectivity index (χ3v) is 4.94. The molecule has 1 fully saturated rings. The van der Waals surface area contributed by atoms with Crippen LogP contribution in [0.1, 0.15) is 16.4 Å². The summed E-state index contributed by atoms with van der Waals surface area (Å²) in [5.41, 5.74) is 7.64. The maximum Gasteiger partial charge on any atom is 0.0516 e. The highest BCUT2D eigenvalue weighted by molar-refractivity contribution is 7.10. The number of benzene rings is 1. The fraction of sp³-hybridized carbons (Fsp3) is 0.333. The first-order chi connectivity index (χ1) is 9.22. The summed E-state index contributed by atoms with van der Waals surface area (Å²) in [5, 5.41) is 2.82. The highest BCUT2D eigenvalue weighted by atomic mass is 35.5. The Balaban J connectivity index is 1.68. The zero-order chi connectivity index (χ0) is 13.2. The standard InChI is InChI=1S/C15H17ClN2S/c16-12-6-13(19-10-12)7-18-8-14(15(17)9-18)11-4-2-1-3-5-11/h1-6,10,14-15H,7-9,17H2/t14-,15+/m0/s1. The molecule has 19 heavy (non-hydrogen) atoms. The molecule has 2 aromatic rings. The van der Waals surface area contributed by atoms with Gasteiger partial charge in [0.1, 0.15) is 0 Å². The van der Waals surface area contributed by atoms with E-state index in [2.05, 4.69) is 35.2 Å². The fourth-order valence-electron chi connectivity index (χ4n) is 2.75. The van der Waals surface area contributed by atoms with Gasteiger partial charge in [-0.2, -0.15) is 0 Å². The normalized spacial score (nSPS) is 23.9. The fourth-order valence-corrected chi connectivity index (χ4v) is 3.87. The van der Waals surface area contributed by atoms with Gasteiger partial charge in [-0.05, 0) is 11.6 Å². The molecular formula is C15H17ClN2S. The van der Waals surface area contributed by atoms with Crippen molar-refractivity contribution >= 4 is 22.9 Å². The highest BCUT2D eigenvalue weighted by Crippen LogP contribution is 2.29. The minimum Gasteiger partial charge on any atom is -0.326 e. The van der Waals surface area contributed by atoms with E-state index in [1.54, 1.807) is 11.3 Å². The smallest absolute Gasteiger partial charge is 0.0516 e. The van der Waals surface area contributed by atoms with E-state index in [0.717, 1.165) is 24.7 Å². The highest BCUT2D eigenvalue weighted by Gasteiger charge is 2.31. The number of likely N-dealkylation sites (tertiary alicyclic amines) is 1. The van der Waals surface area contributed by atoms with E-state index in [1.807, 2.05) is 11.4 Å². The van der Waals surface area contributed by atoms with Crippen molar-refractivity contribution in [3.63, 3.8) is 0 Å². The summed E-state index contributed by atoms with van der Waals surface area (Å²) in [5.74, 6) is 0.441. The van der Waals surface area contributed by atoms with Gasteiger partial charge in [-0.25, -0.2) is 0 Å². The molecule has 1 aromatic heterocycles. The van der Waals surface area contributed by atoms with Crippen LogP contribution in [0.25, 0.3) is 0 Å². The van der Waals surface area contributed by atoms with Crippen molar-refractivity contribution in [3.8, 4) is 0 Å². The van der Waals surface area contributed by atoms with Gasteiger partial charge in [0, 0.05) is 41.9 Å². The lowest BCUT2D eigenvalue weighted by molar-refractivity contribution is 0.327. The van der Waals surface area contributed by atoms with Crippen molar-refractivity contribution in [1.82, 2.24) is 4.90 Å². The summed E-state index contributed by atoms with van der Waals surface area (Å²) < 4.78 is 0. The summed E-state index contributed by atoms with van der Waals surface area (Å²) in [6.45, 7) is 2.93. The van der Waals surface area contributed by atoms with Crippen LogP contribution in [0, 0.1) is 0 Å². The van der Waals surface area contributed by atoms with Gasteiger partial charge in [0.2, 0.25) is 0 Å². The number of nitrogens with two attached hydrogens (primary N) is 1. The molecule has 1 aromatic carbocycles. The van der Waals surface area contributed by atoms with E-state index in [-0.39, 0.29) is 6.04 Å². The molecule has 0 saturated carbocycles. The number of hydrogen-bond donors (Lipinski definition) is 1. The van der Waals surface area contributed by atoms with Crippen LogP contribution in [0.3, 0.4) is 0 Å². The van der Waals surface area contributed by atoms with Gasteiger partial charge in [0.05, 0.1) is 5.02 Å². The monoisotopic (exact) mass is 292 g/mol. The Morgan fingerprint density at radius 3 is 2.74 bits per heavy atom. The average molecular weight is 293 g/mol. The van der Waals surface area contributed by atoms with Crippen LogP contribution in [0.5, 0.6) is 0 Å². The second-order valence-corrected chi connectivity index (χ2v) is 6.54. The van der Waals surface area contributed by atoms with Gasteiger partial charge >= 0.3 is 0 Å². The van der Waals surface area contributed by atoms with Crippen molar-refractivity contribution in [2.45, 2.75) is 18.5 Å². The molecule has 1 saturated heterocycles. The second-order valence-electron chi connectivity index (χ2n) is 5.11. The Bertz CT molecular complexity index is 540. The van der Waals surface area contributed by atoms with Gasteiger partial charge in [-0.3, -0.25) is 4.90 Å². The Morgan fingerprint density at radius 2 is 2.05 bits per heavy atom. The van der Waals surface area contributed by atoms with Crippen LogP contribution in [0.4, 0.5) is 0 Å². The molecule has 100 valence electrons. The van der Waals surface area contributed by atoms with Crippen molar-refractivity contribution < 1.29 is 0 Å². The van der Waals surface area contributed by atoms with Crippen molar-refractivity contribution in [3.05, 3.63) is 57.2 Å². The van der Waals surface area contributed by atoms with E-state index in [4.69, 9.17) is 17.3 Å². The van der Waals surface area contributed by atoms with E-state index >= 15 is 0 Å². The minimum absolute atomic E-state index is 0.220. The topological polar surface area (TPSA) is 29.3 Å². The lowest BCUT2D eigenvalue weighted by Gasteiger charge is -2.15. The van der Waals surface area contributed by atoms with E-state index < -0.39 is 0 Å². The molecule has 2 heterocycles. The summed E-state index contributed by atoms with van der Waals surface area (Å²) in [6.07, 6.45) is 0. The van der Waals surface area contributed by atoms with E-state index in [1.165, 1.54) is 10.4 Å². The zero-order valence-corrected chi connectivity index (χ0v) is 12.2. The van der Waals surface area contributed by atoms with Gasteiger partial charge in [0.15, 0.2) is 0 Å². The maximum atomic E-state index is 6.30. The lowest BCUT2D eigenvalue weighted by Crippen LogP contribution is -2.28. The molecule has 2 N–H and O–H groups in total. The van der Waals surface area contributed by atoms with Crippen LogP contribution >= 0.6 is 22.9 Å². The third kappa shape index (κ3) is 3.00. The summed E-state index contributed by atoms with van der Waals surface area (Å²) >= 11 is 7.69.